The maximum atomic E-state index is 8.53. The lowest BCUT2D eigenvalue weighted by molar-refractivity contribution is 0.287. The van der Waals surface area contributed by atoms with E-state index in [1.165, 1.54) is 0 Å². The smallest absolute Gasteiger partial charge is 0.512 e. The molecule has 0 radical (unpaired) electrons. The molecule has 0 aromatic heterocycles. The number of para-hydroxylation sites is 1. The van der Waals surface area contributed by atoms with Crippen LogP contribution in [0.5, 0.6) is 5.75 Å². The third kappa shape index (κ3) is 2.44. The van der Waals surface area contributed by atoms with Gasteiger partial charge in [0.1, 0.15) is 5.75 Å². The Hall–Kier alpha value is -0.645. The summed E-state index contributed by atoms with van der Waals surface area (Å²) < 4.78 is 4.70. The average Bonchev–Trinajstić information content (AvgIpc) is 2.04. The van der Waals surface area contributed by atoms with E-state index in [0.29, 0.717) is 11.5 Å². The van der Waals surface area contributed by atoms with Crippen LogP contribution in [0.1, 0.15) is 5.56 Å². The van der Waals surface area contributed by atoms with Crippen molar-refractivity contribution in [2.45, 2.75) is 5.75 Å². The van der Waals surface area contributed by atoms with E-state index in [9.17, 15) is 0 Å². The van der Waals surface area contributed by atoms with Crippen LogP contribution in [0.25, 0.3) is 0 Å². The summed E-state index contributed by atoms with van der Waals surface area (Å²) in [6, 6.07) is 7.06. The van der Waals surface area contributed by atoms with Crippen LogP contribution in [-0.4, -0.2) is 17.4 Å². The summed E-state index contributed by atoms with van der Waals surface area (Å²) in [4.78, 5) is 0. The highest BCUT2D eigenvalue weighted by molar-refractivity contribution is 7.79. The molecule has 0 atom stereocenters. The molecule has 1 rings (SSSR count). The number of thiol groups is 1. The van der Waals surface area contributed by atoms with Gasteiger partial charge in [0.15, 0.2) is 0 Å². The third-order valence-corrected chi connectivity index (χ3v) is 1.72. The minimum Gasteiger partial charge on any atom is -0.512 e. The van der Waals surface area contributed by atoms with Crippen LogP contribution in [-0.2, 0) is 5.75 Å². The summed E-state index contributed by atoms with van der Waals surface area (Å²) in [5.41, 5.74) is 0.828. The quantitative estimate of drug-likeness (QED) is 0.472. The SMILES string of the molecule is OB(O)Oc1ccccc1CS. The normalized spacial score (nSPS) is 9.58. The third-order valence-electron chi connectivity index (χ3n) is 1.38. The topological polar surface area (TPSA) is 49.7 Å². The van der Waals surface area contributed by atoms with Gasteiger partial charge in [-0.1, -0.05) is 18.2 Å². The fraction of sp³-hybridized carbons (Fsp3) is 0.143. The Bertz CT molecular complexity index is 254. The number of hydrogen-bond donors (Lipinski definition) is 3. The number of benzene rings is 1. The lowest BCUT2D eigenvalue weighted by Crippen LogP contribution is -2.21. The Morgan fingerprint density at radius 3 is 2.58 bits per heavy atom. The van der Waals surface area contributed by atoms with E-state index in [1.807, 2.05) is 12.1 Å². The van der Waals surface area contributed by atoms with E-state index >= 15 is 0 Å². The molecule has 0 bridgehead atoms. The Kier molecular flexibility index (Phi) is 3.46. The predicted octanol–water partition coefficient (Wildman–Crippen LogP) is 0.465. The highest BCUT2D eigenvalue weighted by atomic mass is 32.1. The Balaban J connectivity index is 2.82. The monoisotopic (exact) mass is 184 g/mol. The van der Waals surface area contributed by atoms with Gasteiger partial charge in [0.2, 0.25) is 0 Å². The van der Waals surface area contributed by atoms with Crippen molar-refractivity contribution >= 4 is 20.0 Å². The first-order valence-electron chi connectivity index (χ1n) is 3.45. The lowest BCUT2D eigenvalue weighted by atomic mass is 10.2. The van der Waals surface area contributed by atoms with Gasteiger partial charge in [-0.25, -0.2) is 0 Å². The van der Waals surface area contributed by atoms with Gasteiger partial charge in [-0.15, -0.1) is 0 Å². The van der Waals surface area contributed by atoms with Crippen LogP contribution >= 0.6 is 12.6 Å². The zero-order valence-corrected chi connectivity index (χ0v) is 7.24. The molecule has 0 aliphatic rings. The molecule has 64 valence electrons. The van der Waals surface area contributed by atoms with Crippen LogP contribution in [0.2, 0.25) is 0 Å². The van der Waals surface area contributed by atoms with E-state index in [4.69, 9.17) is 14.7 Å². The largest absolute Gasteiger partial charge is 0.707 e. The van der Waals surface area contributed by atoms with Gasteiger partial charge in [0.05, 0.1) is 0 Å². The van der Waals surface area contributed by atoms with Crippen LogP contribution in [0, 0.1) is 0 Å². The van der Waals surface area contributed by atoms with Crippen molar-refractivity contribution < 1.29 is 14.7 Å². The summed E-state index contributed by atoms with van der Waals surface area (Å²) in [6.45, 7) is 0. The molecule has 0 unspecified atom stereocenters. The fourth-order valence-electron chi connectivity index (χ4n) is 0.863. The molecule has 0 fully saturated rings. The summed E-state index contributed by atoms with van der Waals surface area (Å²) in [6.07, 6.45) is 0. The standard InChI is InChI=1S/C7H9BO3S/c9-8(10)11-7-4-2-1-3-6(7)5-12/h1-4,9-10,12H,5H2. The van der Waals surface area contributed by atoms with Crippen molar-refractivity contribution in [3.05, 3.63) is 29.8 Å². The van der Waals surface area contributed by atoms with Gasteiger partial charge >= 0.3 is 7.32 Å². The van der Waals surface area contributed by atoms with Crippen LogP contribution in [0.3, 0.4) is 0 Å². The highest BCUT2D eigenvalue weighted by Gasteiger charge is 2.12. The van der Waals surface area contributed by atoms with Gasteiger partial charge < -0.3 is 14.7 Å². The van der Waals surface area contributed by atoms with Crippen molar-refractivity contribution in [2.24, 2.45) is 0 Å². The van der Waals surface area contributed by atoms with Crippen molar-refractivity contribution in [2.75, 3.05) is 0 Å². The van der Waals surface area contributed by atoms with Gasteiger partial charge in [0, 0.05) is 11.3 Å². The maximum absolute atomic E-state index is 8.53. The Morgan fingerprint density at radius 1 is 1.33 bits per heavy atom. The second-order valence-electron chi connectivity index (χ2n) is 2.21. The molecule has 0 saturated heterocycles. The van der Waals surface area contributed by atoms with E-state index in [1.54, 1.807) is 12.1 Å². The van der Waals surface area contributed by atoms with Crippen LogP contribution in [0.4, 0.5) is 0 Å². The van der Waals surface area contributed by atoms with Crippen LogP contribution in [0.15, 0.2) is 24.3 Å². The van der Waals surface area contributed by atoms with Gasteiger partial charge in [-0.2, -0.15) is 12.6 Å². The molecule has 0 aliphatic carbocycles. The number of rotatable bonds is 3. The van der Waals surface area contributed by atoms with E-state index in [2.05, 4.69) is 12.6 Å². The predicted molar refractivity (Wildman–Crippen MR) is 50.0 cm³/mol. The van der Waals surface area contributed by atoms with Crippen molar-refractivity contribution in [1.29, 1.82) is 0 Å². The lowest BCUT2D eigenvalue weighted by Gasteiger charge is -2.08. The van der Waals surface area contributed by atoms with E-state index in [0.717, 1.165) is 5.56 Å². The molecule has 12 heavy (non-hydrogen) atoms. The molecule has 5 heteroatoms. The van der Waals surface area contributed by atoms with Crippen LogP contribution < -0.4 is 4.65 Å². The first-order valence-corrected chi connectivity index (χ1v) is 4.09. The van der Waals surface area contributed by atoms with Gasteiger partial charge in [-0.3, -0.25) is 0 Å². The first-order chi connectivity index (χ1) is 5.74. The molecular weight excluding hydrogens is 175 g/mol. The van der Waals surface area contributed by atoms with Gasteiger partial charge in [0.25, 0.3) is 0 Å². The van der Waals surface area contributed by atoms with Crippen molar-refractivity contribution in [3.63, 3.8) is 0 Å². The summed E-state index contributed by atoms with van der Waals surface area (Å²) >= 11 is 4.06. The zero-order valence-electron chi connectivity index (χ0n) is 6.34. The molecule has 0 heterocycles. The highest BCUT2D eigenvalue weighted by Crippen LogP contribution is 2.19. The van der Waals surface area contributed by atoms with E-state index < -0.39 is 7.32 Å². The van der Waals surface area contributed by atoms with Crippen molar-refractivity contribution in [1.82, 2.24) is 0 Å². The summed E-state index contributed by atoms with van der Waals surface area (Å²) in [5.74, 6) is 0.950. The second-order valence-corrected chi connectivity index (χ2v) is 2.53. The Labute approximate surface area is 76.6 Å². The molecule has 3 nitrogen and oxygen atoms in total. The summed E-state index contributed by atoms with van der Waals surface area (Å²) in [7, 11) is -1.77. The molecule has 0 saturated carbocycles. The maximum Gasteiger partial charge on any atom is 0.707 e. The summed E-state index contributed by atoms with van der Waals surface area (Å²) in [5, 5.41) is 17.1. The molecule has 1 aromatic carbocycles. The zero-order chi connectivity index (χ0) is 8.97. The van der Waals surface area contributed by atoms with E-state index in [-0.39, 0.29) is 0 Å². The molecule has 0 amide bonds. The molecule has 2 N–H and O–H groups in total. The minimum absolute atomic E-state index is 0.447. The second kappa shape index (κ2) is 4.40. The Morgan fingerprint density at radius 2 is 2.00 bits per heavy atom. The molecule has 0 aliphatic heterocycles. The first kappa shape index (κ1) is 9.44. The molecule has 0 spiro atoms. The molecular formula is C7H9BO3S. The fourth-order valence-corrected chi connectivity index (χ4v) is 1.12. The molecule has 1 aromatic rings. The van der Waals surface area contributed by atoms with Gasteiger partial charge in [-0.05, 0) is 6.07 Å². The minimum atomic E-state index is -1.77. The van der Waals surface area contributed by atoms with Crippen molar-refractivity contribution in [3.8, 4) is 5.75 Å². The number of hydrogen-bond acceptors (Lipinski definition) is 4. The average molecular weight is 184 g/mol.